The molecular weight excluding hydrogens is 888 g/mol. The molecule has 23 heteroatoms. The number of halogens is 3. The van der Waals surface area contributed by atoms with Crippen molar-refractivity contribution in [3.63, 3.8) is 0 Å². The van der Waals surface area contributed by atoms with Crippen LogP contribution in [0.3, 0.4) is 0 Å². The van der Waals surface area contributed by atoms with Gasteiger partial charge in [0.25, 0.3) is 11.5 Å². The molecule has 67 heavy (non-hydrogen) atoms. The van der Waals surface area contributed by atoms with Gasteiger partial charge in [-0.25, -0.2) is 19.6 Å². The van der Waals surface area contributed by atoms with E-state index in [0.29, 0.717) is 4.90 Å². The van der Waals surface area contributed by atoms with Gasteiger partial charge in [0.05, 0.1) is 38.8 Å². The molecule has 0 bridgehead atoms. The molecule has 2 atom stereocenters. The van der Waals surface area contributed by atoms with E-state index in [1.807, 2.05) is 51.1 Å². The highest BCUT2D eigenvalue weighted by Gasteiger charge is 2.43. The molecule has 0 saturated heterocycles. The summed E-state index contributed by atoms with van der Waals surface area (Å²) in [4.78, 5) is 103. The predicted octanol–water partition coefficient (Wildman–Crippen LogP) is 4.29. The van der Waals surface area contributed by atoms with Crippen LogP contribution in [0, 0.1) is 11.3 Å². The summed E-state index contributed by atoms with van der Waals surface area (Å²) >= 11 is 0. The van der Waals surface area contributed by atoms with Crippen LogP contribution in [0.1, 0.15) is 76.0 Å². The zero-order valence-electron chi connectivity index (χ0n) is 38.0. The standard InChI is InChI=1S/C44H54F3N9O11/c1-26(2)35(58)54-40-53-34-33(37(60)55-40)51-29(23-50-34)24-56(39(62)44(45,46)47)30-15-13-28(14-16-30)36(59)52-31(38(61)64-7)17-18-32(57)48-19-21-66-43(6,42(3,4)5)67-22-20-49-41(63)65-25-27-11-9-8-10-12-27/h8-16,23,26,31H,17-22,24-25H2,1-7H3,(H,48,57)(H,49,63)(H,52,59)(H2,50,53,54,55,58,60)/t31-,43?/m0/s1. The van der Waals surface area contributed by atoms with Gasteiger partial charge in [0.1, 0.15) is 12.6 Å². The van der Waals surface area contributed by atoms with Gasteiger partial charge in [-0.05, 0) is 43.2 Å². The first-order valence-electron chi connectivity index (χ1n) is 20.9. The number of H-pyrrole nitrogens is 1. The van der Waals surface area contributed by atoms with Crippen LogP contribution in [0.4, 0.5) is 29.6 Å². The molecule has 20 nitrogen and oxygen atoms in total. The SMILES string of the molecule is COC(=O)[C@H](CCC(=O)NCCOC(C)(OCCNC(=O)OCc1ccccc1)C(C)(C)C)NC(=O)c1ccc(N(Cc2cnc3nc(NC(=O)C(C)C)[nH]c(=O)c3n2)C(=O)C(F)(F)F)cc1. The van der Waals surface area contributed by atoms with Gasteiger partial charge < -0.3 is 34.9 Å². The lowest BCUT2D eigenvalue weighted by Crippen LogP contribution is -2.48. The van der Waals surface area contributed by atoms with Crippen molar-refractivity contribution in [1.82, 2.24) is 35.9 Å². The van der Waals surface area contributed by atoms with Crippen molar-refractivity contribution >= 4 is 58.5 Å². The molecule has 4 aromatic rings. The van der Waals surface area contributed by atoms with Crippen molar-refractivity contribution in [2.24, 2.45) is 11.3 Å². The van der Waals surface area contributed by atoms with Gasteiger partial charge in [-0.15, -0.1) is 0 Å². The van der Waals surface area contributed by atoms with E-state index in [0.717, 1.165) is 43.1 Å². The lowest BCUT2D eigenvalue weighted by molar-refractivity contribution is -0.276. The molecule has 4 rings (SSSR count). The van der Waals surface area contributed by atoms with Gasteiger partial charge in [-0.1, -0.05) is 65.0 Å². The Morgan fingerprint density at radius 3 is 2.10 bits per heavy atom. The lowest BCUT2D eigenvalue weighted by Gasteiger charge is -2.41. The molecule has 0 aliphatic rings. The monoisotopic (exact) mass is 941 g/mol. The average Bonchev–Trinajstić information content (AvgIpc) is 3.28. The number of carbonyl (C=O) groups excluding carboxylic acids is 6. The molecule has 0 spiro atoms. The van der Waals surface area contributed by atoms with E-state index < -0.39 is 77.1 Å². The number of aromatic nitrogens is 4. The summed E-state index contributed by atoms with van der Waals surface area (Å²) in [6, 6.07) is 12.2. The number of esters is 1. The topological polar surface area (TPSA) is 262 Å². The van der Waals surface area contributed by atoms with Crippen molar-refractivity contribution < 1.29 is 60.9 Å². The number of nitrogens with zero attached hydrogens (tertiary/aromatic N) is 4. The smallest absolute Gasteiger partial charge is 0.467 e. The number of carbonyl (C=O) groups is 6. The second-order valence-corrected chi connectivity index (χ2v) is 16.3. The van der Waals surface area contributed by atoms with Gasteiger partial charge in [-0.3, -0.25) is 39.2 Å². The largest absolute Gasteiger partial charge is 0.471 e. The zero-order chi connectivity index (χ0) is 49.5. The molecule has 362 valence electrons. The van der Waals surface area contributed by atoms with Gasteiger partial charge >= 0.3 is 24.1 Å². The fourth-order valence-corrected chi connectivity index (χ4v) is 5.82. The molecule has 2 aromatic heterocycles. The number of benzene rings is 2. The summed E-state index contributed by atoms with van der Waals surface area (Å²) in [6.07, 6.45) is -5.37. The summed E-state index contributed by atoms with van der Waals surface area (Å²) in [5.74, 6) is -6.74. The summed E-state index contributed by atoms with van der Waals surface area (Å²) in [5, 5.41) is 10.2. The summed E-state index contributed by atoms with van der Waals surface area (Å²) < 4.78 is 63.5. The normalized spacial score (nSPS) is 12.9. The molecule has 0 saturated carbocycles. The van der Waals surface area contributed by atoms with Gasteiger partial charge in [-0.2, -0.15) is 18.2 Å². The Morgan fingerprint density at radius 1 is 0.866 bits per heavy atom. The number of ether oxygens (including phenoxy) is 4. The second kappa shape index (κ2) is 23.4. The Kier molecular flexibility index (Phi) is 18.4. The fourth-order valence-electron chi connectivity index (χ4n) is 5.82. The minimum absolute atomic E-state index is 0.0274. The highest BCUT2D eigenvalue weighted by molar-refractivity contribution is 5.99. The van der Waals surface area contributed by atoms with E-state index in [2.05, 4.69) is 41.2 Å². The first-order valence-corrected chi connectivity index (χ1v) is 20.9. The summed E-state index contributed by atoms with van der Waals surface area (Å²) in [5.41, 5.74) is -1.80. The van der Waals surface area contributed by atoms with Crippen molar-refractivity contribution in [3.8, 4) is 0 Å². The van der Waals surface area contributed by atoms with Crippen molar-refractivity contribution in [2.75, 3.05) is 43.6 Å². The van der Waals surface area contributed by atoms with Crippen molar-refractivity contribution in [3.05, 3.63) is 88.0 Å². The van der Waals surface area contributed by atoms with E-state index >= 15 is 0 Å². The summed E-state index contributed by atoms with van der Waals surface area (Å²) in [7, 11) is 1.08. The van der Waals surface area contributed by atoms with Gasteiger partial charge in [0.2, 0.25) is 17.8 Å². The number of aromatic amines is 1. The number of alkyl halides is 3. The molecule has 1 unspecified atom stereocenters. The third kappa shape index (κ3) is 15.6. The maximum Gasteiger partial charge on any atom is 0.471 e. The Balaban J connectivity index is 1.31. The number of amides is 5. The minimum Gasteiger partial charge on any atom is -0.467 e. The van der Waals surface area contributed by atoms with Gasteiger partial charge in [0.15, 0.2) is 17.0 Å². The number of alkyl carbamates (subject to hydrolysis) is 1. The number of hydrogen-bond donors (Lipinski definition) is 5. The molecular formula is C44H54F3N9O11. The number of rotatable bonds is 21. The van der Waals surface area contributed by atoms with Crippen LogP contribution in [0.25, 0.3) is 11.2 Å². The number of anilines is 2. The maximum atomic E-state index is 13.8. The maximum absolute atomic E-state index is 13.8. The number of hydrogen-bond acceptors (Lipinski definition) is 14. The van der Waals surface area contributed by atoms with Crippen LogP contribution in [0.5, 0.6) is 0 Å². The molecule has 0 fully saturated rings. The first-order chi connectivity index (χ1) is 31.5. The second-order valence-electron chi connectivity index (χ2n) is 16.3. The lowest BCUT2D eigenvalue weighted by atomic mass is 9.86. The van der Waals surface area contributed by atoms with Crippen LogP contribution in [-0.2, 0) is 51.3 Å². The molecule has 0 radical (unpaired) electrons. The molecule has 0 aliphatic carbocycles. The predicted molar refractivity (Wildman–Crippen MR) is 235 cm³/mol. The van der Waals surface area contributed by atoms with Crippen LogP contribution in [-0.4, -0.2) is 107 Å². The highest BCUT2D eigenvalue weighted by Crippen LogP contribution is 2.34. The molecule has 2 aromatic carbocycles. The minimum atomic E-state index is -5.35. The Labute approximate surface area is 383 Å². The zero-order valence-corrected chi connectivity index (χ0v) is 38.0. The van der Waals surface area contributed by atoms with E-state index in [1.165, 1.54) is 0 Å². The fraction of sp³-hybridized carbons (Fsp3) is 0.455. The summed E-state index contributed by atoms with van der Waals surface area (Å²) in [6.45, 7) is 10.3. The van der Waals surface area contributed by atoms with Crippen LogP contribution < -0.4 is 31.7 Å². The van der Waals surface area contributed by atoms with E-state index in [9.17, 15) is 46.7 Å². The highest BCUT2D eigenvalue weighted by atomic mass is 19.4. The van der Waals surface area contributed by atoms with Crippen LogP contribution in [0.2, 0.25) is 0 Å². The van der Waals surface area contributed by atoms with E-state index in [1.54, 1.807) is 20.8 Å². The van der Waals surface area contributed by atoms with Crippen LogP contribution in [0.15, 0.2) is 65.6 Å². The Bertz CT molecular complexity index is 2430. The number of nitrogens with one attached hydrogen (secondary N) is 5. The average molecular weight is 942 g/mol. The number of methoxy groups -OCH3 is 1. The van der Waals surface area contributed by atoms with E-state index in [-0.39, 0.29) is 79.8 Å². The quantitative estimate of drug-likeness (QED) is 0.0444. The van der Waals surface area contributed by atoms with Crippen LogP contribution >= 0.6 is 0 Å². The Morgan fingerprint density at radius 2 is 1.51 bits per heavy atom. The van der Waals surface area contributed by atoms with E-state index in [4.69, 9.17) is 18.9 Å². The third-order valence-electron chi connectivity index (χ3n) is 10.1. The number of fused-ring (bicyclic) bond motifs is 1. The molecule has 5 amide bonds. The third-order valence-corrected chi connectivity index (χ3v) is 10.1. The van der Waals surface area contributed by atoms with Crippen molar-refractivity contribution in [2.45, 2.75) is 85.5 Å². The van der Waals surface area contributed by atoms with Gasteiger partial charge in [0, 0.05) is 42.1 Å². The molecule has 0 aliphatic heterocycles. The van der Waals surface area contributed by atoms with Crippen molar-refractivity contribution in [1.29, 1.82) is 0 Å². The first kappa shape index (κ1) is 52.6. The molecule has 2 heterocycles. The Hall–Kier alpha value is -7.01. The molecule has 5 N–H and O–H groups in total.